The first-order chi connectivity index (χ1) is 9.83. The smallest absolute Gasteiger partial charge is 0.160 e. The van der Waals surface area contributed by atoms with Crippen LogP contribution >= 0.6 is 0 Å². The number of hydrogen-bond acceptors (Lipinski definition) is 2. The van der Waals surface area contributed by atoms with Crippen molar-refractivity contribution in [1.82, 2.24) is 4.98 Å². The number of benzene rings is 2. The maximum Gasteiger partial charge on any atom is 0.160 e. The van der Waals surface area contributed by atoms with Crippen molar-refractivity contribution in [2.45, 2.75) is 6.92 Å². The van der Waals surface area contributed by atoms with E-state index in [1.54, 1.807) is 6.26 Å². The second-order valence-corrected chi connectivity index (χ2v) is 5.01. The molecule has 0 unspecified atom stereocenters. The number of pyridine rings is 1. The van der Waals surface area contributed by atoms with Crippen molar-refractivity contribution in [2.24, 2.45) is 0 Å². The molecule has 4 rings (SSSR count). The van der Waals surface area contributed by atoms with Gasteiger partial charge in [0, 0.05) is 16.3 Å². The number of fused-ring (bicyclic) bond motifs is 3. The monoisotopic (exact) mass is 259 g/mol. The molecule has 0 amide bonds. The Morgan fingerprint density at radius 3 is 2.70 bits per heavy atom. The lowest BCUT2D eigenvalue weighted by Gasteiger charge is -2.06. The molecule has 2 nitrogen and oxygen atoms in total. The zero-order valence-corrected chi connectivity index (χ0v) is 11.1. The Bertz CT molecular complexity index is 921. The summed E-state index contributed by atoms with van der Waals surface area (Å²) in [5, 5.41) is 2.25. The minimum absolute atomic E-state index is 0.856. The summed E-state index contributed by atoms with van der Waals surface area (Å²) in [5.74, 6) is 0. The average molecular weight is 259 g/mol. The minimum atomic E-state index is 0.856. The van der Waals surface area contributed by atoms with Gasteiger partial charge >= 0.3 is 0 Å². The van der Waals surface area contributed by atoms with E-state index in [2.05, 4.69) is 37.3 Å². The number of rotatable bonds is 1. The van der Waals surface area contributed by atoms with E-state index in [-0.39, 0.29) is 0 Å². The molecule has 0 radical (unpaired) electrons. The number of nitrogens with zero attached hydrogens (tertiary/aromatic N) is 1. The Morgan fingerprint density at radius 1 is 0.900 bits per heavy atom. The highest BCUT2D eigenvalue weighted by Crippen LogP contribution is 2.33. The van der Waals surface area contributed by atoms with Crippen LogP contribution in [-0.2, 0) is 0 Å². The molecule has 4 aromatic rings. The molecule has 2 aromatic carbocycles. The third-order valence-corrected chi connectivity index (χ3v) is 3.60. The van der Waals surface area contributed by atoms with Gasteiger partial charge < -0.3 is 4.42 Å². The van der Waals surface area contributed by atoms with E-state index < -0.39 is 0 Å². The second kappa shape index (κ2) is 4.20. The zero-order chi connectivity index (χ0) is 13.5. The molecule has 2 heteroatoms. The third-order valence-electron chi connectivity index (χ3n) is 3.60. The van der Waals surface area contributed by atoms with Gasteiger partial charge in [-0.05, 0) is 25.1 Å². The van der Waals surface area contributed by atoms with Crippen LogP contribution in [0.1, 0.15) is 5.56 Å². The highest BCUT2D eigenvalue weighted by molar-refractivity contribution is 6.08. The second-order valence-electron chi connectivity index (χ2n) is 5.01. The van der Waals surface area contributed by atoms with Crippen molar-refractivity contribution < 1.29 is 4.42 Å². The highest BCUT2D eigenvalue weighted by atomic mass is 16.3. The van der Waals surface area contributed by atoms with Gasteiger partial charge in [-0.1, -0.05) is 42.0 Å². The molecule has 0 aliphatic rings. The Hall–Kier alpha value is -2.61. The number of para-hydroxylation sites is 1. The Labute approximate surface area is 116 Å². The molecular weight excluding hydrogens is 246 g/mol. The third kappa shape index (κ3) is 1.62. The first kappa shape index (κ1) is 11.2. The predicted octanol–water partition coefficient (Wildman–Crippen LogP) is 4.96. The quantitative estimate of drug-likeness (QED) is 0.483. The van der Waals surface area contributed by atoms with Gasteiger partial charge in [-0.3, -0.25) is 0 Å². The van der Waals surface area contributed by atoms with Crippen LogP contribution in [0.15, 0.2) is 65.3 Å². The molecule has 20 heavy (non-hydrogen) atoms. The van der Waals surface area contributed by atoms with Gasteiger partial charge in [-0.25, -0.2) is 4.98 Å². The van der Waals surface area contributed by atoms with Crippen molar-refractivity contribution in [3.8, 4) is 11.3 Å². The van der Waals surface area contributed by atoms with Gasteiger partial charge in [0.15, 0.2) is 5.58 Å². The topological polar surface area (TPSA) is 26.0 Å². The number of furan rings is 1. The maximum absolute atomic E-state index is 5.69. The van der Waals surface area contributed by atoms with E-state index in [0.29, 0.717) is 0 Å². The van der Waals surface area contributed by atoms with Crippen LogP contribution < -0.4 is 0 Å². The van der Waals surface area contributed by atoms with E-state index >= 15 is 0 Å². The Kier molecular flexibility index (Phi) is 2.36. The van der Waals surface area contributed by atoms with Gasteiger partial charge in [-0.2, -0.15) is 0 Å². The standard InChI is InChI=1S/C18H13NO/c1-12-5-4-6-13(11-12)17-18-15(9-10-20-18)14-7-2-3-8-16(14)19-17/h2-11H,1H3. The molecule has 0 atom stereocenters. The van der Waals surface area contributed by atoms with Gasteiger partial charge in [0.25, 0.3) is 0 Å². The van der Waals surface area contributed by atoms with Crippen molar-refractivity contribution in [3.63, 3.8) is 0 Å². The Balaban J connectivity index is 2.14. The predicted molar refractivity (Wildman–Crippen MR) is 81.7 cm³/mol. The normalized spacial score (nSPS) is 11.2. The van der Waals surface area contributed by atoms with Crippen molar-refractivity contribution >= 4 is 21.9 Å². The van der Waals surface area contributed by atoms with E-state index in [1.807, 2.05) is 24.3 Å². The summed E-state index contributed by atoms with van der Waals surface area (Å²) in [6, 6.07) is 18.5. The van der Waals surface area contributed by atoms with Crippen LogP contribution in [0.4, 0.5) is 0 Å². The molecule has 0 spiro atoms. The molecular formula is C18H13NO. The van der Waals surface area contributed by atoms with E-state index in [9.17, 15) is 0 Å². The summed E-state index contributed by atoms with van der Waals surface area (Å²) in [7, 11) is 0. The number of aromatic nitrogens is 1. The van der Waals surface area contributed by atoms with Gasteiger partial charge in [-0.15, -0.1) is 0 Å². The summed E-state index contributed by atoms with van der Waals surface area (Å²) in [4.78, 5) is 4.79. The average Bonchev–Trinajstić information content (AvgIpc) is 2.96. The maximum atomic E-state index is 5.69. The fourth-order valence-corrected chi connectivity index (χ4v) is 2.66. The molecule has 0 N–H and O–H groups in total. The summed E-state index contributed by atoms with van der Waals surface area (Å²) < 4.78 is 5.69. The number of hydrogen-bond donors (Lipinski definition) is 0. The van der Waals surface area contributed by atoms with Crippen LogP contribution in [0.2, 0.25) is 0 Å². The van der Waals surface area contributed by atoms with Crippen LogP contribution in [0, 0.1) is 6.92 Å². The van der Waals surface area contributed by atoms with Crippen LogP contribution in [0.3, 0.4) is 0 Å². The van der Waals surface area contributed by atoms with Crippen LogP contribution in [0.25, 0.3) is 33.1 Å². The van der Waals surface area contributed by atoms with E-state index in [1.165, 1.54) is 5.56 Å². The number of aryl methyl sites for hydroxylation is 1. The van der Waals surface area contributed by atoms with Crippen LogP contribution in [0.5, 0.6) is 0 Å². The van der Waals surface area contributed by atoms with Gasteiger partial charge in [0.2, 0.25) is 0 Å². The molecule has 2 heterocycles. The van der Waals surface area contributed by atoms with E-state index in [4.69, 9.17) is 9.40 Å². The summed E-state index contributed by atoms with van der Waals surface area (Å²) in [6.07, 6.45) is 1.73. The summed E-state index contributed by atoms with van der Waals surface area (Å²) in [6.45, 7) is 2.09. The van der Waals surface area contributed by atoms with E-state index in [0.717, 1.165) is 33.1 Å². The molecule has 0 fully saturated rings. The lowest BCUT2D eigenvalue weighted by Crippen LogP contribution is -1.87. The van der Waals surface area contributed by atoms with Crippen molar-refractivity contribution in [2.75, 3.05) is 0 Å². The van der Waals surface area contributed by atoms with Crippen molar-refractivity contribution in [1.29, 1.82) is 0 Å². The molecule has 0 bridgehead atoms. The zero-order valence-electron chi connectivity index (χ0n) is 11.1. The summed E-state index contributed by atoms with van der Waals surface area (Å²) in [5.41, 5.74) is 5.08. The fourth-order valence-electron chi connectivity index (χ4n) is 2.66. The Morgan fingerprint density at radius 2 is 1.80 bits per heavy atom. The first-order valence-electron chi connectivity index (χ1n) is 6.66. The first-order valence-corrected chi connectivity index (χ1v) is 6.66. The SMILES string of the molecule is Cc1cccc(-c2nc3ccccc3c3ccoc23)c1. The lowest BCUT2D eigenvalue weighted by molar-refractivity contribution is 0.616. The minimum Gasteiger partial charge on any atom is -0.462 e. The molecule has 0 aliphatic heterocycles. The van der Waals surface area contributed by atoms with Crippen molar-refractivity contribution in [3.05, 3.63) is 66.4 Å². The molecule has 2 aromatic heterocycles. The largest absolute Gasteiger partial charge is 0.462 e. The molecule has 0 saturated carbocycles. The lowest BCUT2D eigenvalue weighted by atomic mass is 10.0. The van der Waals surface area contributed by atoms with Gasteiger partial charge in [0.1, 0.15) is 5.69 Å². The molecule has 0 saturated heterocycles. The van der Waals surface area contributed by atoms with Crippen LogP contribution in [-0.4, -0.2) is 4.98 Å². The fraction of sp³-hybridized carbons (Fsp3) is 0.0556. The molecule has 96 valence electrons. The molecule has 0 aliphatic carbocycles. The highest BCUT2D eigenvalue weighted by Gasteiger charge is 2.12. The van der Waals surface area contributed by atoms with Gasteiger partial charge in [0.05, 0.1) is 11.8 Å². The summed E-state index contributed by atoms with van der Waals surface area (Å²) >= 11 is 0.